The molecule has 0 aliphatic carbocycles. The summed E-state index contributed by atoms with van der Waals surface area (Å²) in [6, 6.07) is 5.07. The van der Waals surface area contributed by atoms with Crippen molar-refractivity contribution in [2.75, 3.05) is 0 Å². The topological polar surface area (TPSA) is 66.0 Å². The molecular weight excluding hydrogens is 204 g/mol. The molecule has 1 aromatic heterocycles. The molecule has 0 radical (unpaired) electrons. The highest BCUT2D eigenvalue weighted by atomic mass is 16.3. The van der Waals surface area contributed by atoms with Crippen LogP contribution in [0.15, 0.2) is 23.0 Å². The van der Waals surface area contributed by atoms with Gasteiger partial charge in [0.1, 0.15) is 5.75 Å². The number of rotatable bonds is 3. The number of benzene rings is 1. The first-order chi connectivity index (χ1) is 7.74. The number of hydrogen-bond donors (Lipinski definition) is 2. The van der Waals surface area contributed by atoms with E-state index in [4.69, 9.17) is 0 Å². The number of aryl methyl sites for hydroxylation is 1. The molecule has 0 spiro atoms. The number of phenolic OH excluding ortho intramolecular Hbond substituents is 1. The summed E-state index contributed by atoms with van der Waals surface area (Å²) in [4.78, 5) is 11.5. The van der Waals surface area contributed by atoms with Gasteiger partial charge in [-0.1, -0.05) is 25.5 Å². The van der Waals surface area contributed by atoms with Crippen molar-refractivity contribution >= 4 is 10.8 Å². The SMILES string of the molecule is CCCCc1n[nH]c(=O)c2c(O)cccc12. The van der Waals surface area contributed by atoms with Crippen LogP contribution in [0.2, 0.25) is 0 Å². The fourth-order valence-corrected chi connectivity index (χ4v) is 1.79. The number of nitrogens with zero attached hydrogens (tertiary/aromatic N) is 1. The van der Waals surface area contributed by atoms with E-state index < -0.39 is 0 Å². The molecule has 0 aliphatic rings. The van der Waals surface area contributed by atoms with E-state index in [2.05, 4.69) is 17.1 Å². The van der Waals surface area contributed by atoms with Gasteiger partial charge in [0.15, 0.2) is 0 Å². The van der Waals surface area contributed by atoms with E-state index in [1.54, 1.807) is 6.07 Å². The average molecular weight is 218 g/mol. The van der Waals surface area contributed by atoms with E-state index in [-0.39, 0.29) is 11.3 Å². The van der Waals surface area contributed by atoms with Gasteiger partial charge >= 0.3 is 0 Å². The number of aromatic nitrogens is 2. The van der Waals surface area contributed by atoms with Crippen LogP contribution < -0.4 is 5.56 Å². The normalized spacial score (nSPS) is 10.8. The second-order valence-corrected chi connectivity index (χ2v) is 3.80. The van der Waals surface area contributed by atoms with Crippen LogP contribution >= 0.6 is 0 Å². The fourth-order valence-electron chi connectivity index (χ4n) is 1.79. The molecule has 2 aromatic rings. The molecule has 0 saturated carbocycles. The highest BCUT2D eigenvalue weighted by molar-refractivity contribution is 5.88. The molecular formula is C12H14N2O2. The Morgan fingerprint density at radius 3 is 3.00 bits per heavy atom. The Hall–Kier alpha value is -1.84. The van der Waals surface area contributed by atoms with Crippen LogP contribution in [-0.2, 0) is 6.42 Å². The lowest BCUT2D eigenvalue weighted by Gasteiger charge is -2.04. The number of nitrogens with one attached hydrogen (secondary N) is 1. The van der Waals surface area contributed by atoms with Crippen molar-refractivity contribution in [3.05, 3.63) is 34.2 Å². The molecule has 0 unspecified atom stereocenters. The summed E-state index contributed by atoms with van der Waals surface area (Å²) in [6.07, 6.45) is 2.90. The largest absolute Gasteiger partial charge is 0.507 e. The molecule has 0 bridgehead atoms. The lowest BCUT2D eigenvalue weighted by atomic mass is 10.1. The molecule has 4 heteroatoms. The number of phenols is 1. The van der Waals surface area contributed by atoms with E-state index in [9.17, 15) is 9.90 Å². The number of aromatic amines is 1. The van der Waals surface area contributed by atoms with Crippen LogP contribution in [0.4, 0.5) is 0 Å². The summed E-state index contributed by atoms with van der Waals surface area (Å²) in [5.74, 6) is 0.0129. The minimum absolute atomic E-state index is 0.0129. The second-order valence-electron chi connectivity index (χ2n) is 3.80. The van der Waals surface area contributed by atoms with Crippen LogP contribution in [0.5, 0.6) is 5.75 Å². The summed E-state index contributed by atoms with van der Waals surface area (Å²) in [5, 5.41) is 17.2. The number of aromatic hydroxyl groups is 1. The first-order valence-corrected chi connectivity index (χ1v) is 5.43. The minimum Gasteiger partial charge on any atom is -0.507 e. The van der Waals surface area contributed by atoms with Gasteiger partial charge in [-0.25, -0.2) is 5.10 Å². The van der Waals surface area contributed by atoms with Gasteiger partial charge in [0, 0.05) is 5.39 Å². The summed E-state index contributed by atoms with van der Waals surface area (Å²) in [6.45, 7) is 2.10. The van der Waals surface area contributed by atoms with Gasteiger partial charge in [-0.3, -0.25) is 4.79 Å². The molecule has 84 valence electrons. The minimum atomic E-state index is -0.339. The third-order valence-electron chi connectivity index (χ3n) is 2.64. The standard InChI is InChI=1S/C12H14N2O2/c1-2-3-6-9-8-5-4-7-10(15)11(8)12(16)14-13-9/h4-5,7,15H,2-3,6H2,1H3,(H,14,16). The van der Waals surface area contributed by atoms with Gasteiger partial charge in [0.05, 0.1) is 11.1 Å². The van der Waals surface area contributed by atoms with Crippen molar-refractivity contribution in [2.45, 2.75) is 26.2 Å². The van der Waals surface area contributed by atoms with E-state index in [1.165, 1.54) is 6.07 Å². The first kappa shape index (κ1) is 10.7. The van der Waals surface area contributed by atoms with Crippen molar-refractivity contribution in [1.82, 2.24) is 10.2 Å². The molecule has 1 heterocycles. The maximum absolute atomic E-state index is 11.5. The Morgan fingerprint density at radius 1 is 1.44 bits per heavy atom. The van der Waals surface area contributed by atoms with E-state index in [0.29, 0.717) is 5.39 Å². The van der Waals surface area contributed by atoms with E-state index in [0.717, 1.165) is 30.3 Å². The summed E-state index contributed by atoms with van der Waals surface area (Å²) < 4.78 is 0. The highest BCUT2D eigenvalue weighted by Gasteiger charge is 2.09. The van der Waals surface area contributed by atoms with Crippen LogP contribution in [0.3, 0.4) is 0 Å². The molecule has 1 aromatic carbocycles. The van der Waals surface area contributed by atoms with Gasteiger partial charge in [0.25, 0.3) is 5.56 Å². The maximum atomic E-state index is 11.5. The van der Waals surface area contributed by atoms with Crippen molar-refractivity contribution in [1.29, 1.82) is 0 Å². The fraction of sp³-hybridized carbons (Fsp3) is 0.333. The molecule has 4 nitrogen and oxygen atoms in total. The Bertz CT molecular complexity index is 560. The lowest BCUT2D eigenvalue weighted by molar-refractivity contribution is 0.481. The monoisotopic (exact) mass is 218 g/mol. The zero-order valence-corrected chi connectivity index (χ0v) is 9.16. The Morgan fingerprint density at radius 2 is 2.25 bits per heavy atom. The Kier molecular flexibility index (Phi) is 2.90. The molecule has 0 fully saturated rings. The van der Waals surface area contributed by atoms with E-state index in [1.807, 2.05) is 6.07 Å². The highest BCUT2D eigenvalue weighted by Crippen LogP contribution is 2.22. The third kappa shape index (κ3) is 1.78. The number of unbranched alkanes of at least 4 members (excludes halogenated alkanes) is 1. The average Bonchev–Trinajstić information content (AvgIpc) is 2.28. The van der Waals surface area contributed by atoms with Gasteiger partial charge in [0.2, 0.25) is 0 Å². The third-order valence-corrected chi connectivity index (χ3v) is 2.64. The number of hydrogen-bond acceptors (Lipinski definition) is 3. The summed E-state index contributed by atoms with van der Waals surface area (Å²) in [7, 11) is 0. The van der Waals surface area contributed by atoms with Crippen molar-refractivity contribution in [3.8, 4) is 5.75 Å². The van der Waals surface area contributed by atoms with E-state index >= 15 is 0 Å². The summed E-state index contributed by atoms with van der Waals surface area (Å²) >= 11 is 0. The zero-order valence-electron chi connectivity index (χ0n) is 9.16. The lowest BCUT2D eigenvalue weighted by Crippen LogP contribution is -2.11. The predicted molar refractivity (Wildman–Crippen MR) is 62.6 cm³/mol. The van der Waals surface area contributed by atoms with Crippen molar-refractivity contribution in [2.24, 2.45) is 0 Å². The predicted octanol–water partition coefficient (Wildman–Crippen LogP) is 1.97. The van der Waals surface area contributed by atoms with Crippen molar-refractivity contribution < 1.29 is 5.11 Å². The van der Waals surface area contributed by atoms with Crippen LogP contribution in [0.1, 0.15) is 25.5 Å². The van der Waals surface area contributed by atoms with Gasteiger partial charge < -0.3 is 5.11 Å². The zero-order chi connectivity index (χ0) is 11.5. The van der Waals surface area contributed by atoms with Gasteiger partial charge in [-0.15, -0.1) is 0 Å². The molecule has 2 rings (SSSR count). The summed E-state index contributed by atoms with van der Waals surface area (Å²) in [5.41, 5.74) is 0.501. The van der Waals surface area contributed by atoms with Crippen LogP contribution in [-0.4, -0.2) is 15.3 Å². The molecule has 2 N–H and O–H groups in total. The molecule has 0 aliphatic heterocycles. The Labute approximate surface area is 92.9 Å². The maximum Gasteiger partial charge on any atom is 0.275 e. The quantitative estimate of drug-likeness (QED) is 0.827. The molecule has 0 amide bonds. The smallest absolute Gasteiger partial charge is 0.275 e. The molecule has 0 saturated heterocycles. The number of H-pyrrole nitrogens is 1. The van der Waals surface area contributed by atoms with Crippen LogP contribution in [0, 0.1) is 0 Å². The van der Waals surface area contributed by atoms with Gasteiger partial charge in [-0.2, -0.15) is 5.10 Å². The van der Waals surface area contributed by atoms with Crippen LogP contribution in [0.25, 0.3) is 10.8 Å². The van der Waals surface area contributed by atoms with Crippen molar-refractivity contribution in [3.63, 3.8) is 0 Å². The first-order valence-electron chi connectivity index (χ1n) is 5.43. The Balaban J connectivity index is 2.65. The number of fused-ring (bicyclic) bond motifs is 1. The molecule has 0 atom stereocenters. The molecule has 16 heavy (non-hydrogen) atoms. The van der Waals surface area contributed by atoms with Gasteiger partial charge in [-0.05, 0) is 18.9 Å². The second kappa shape index (κ2) is 4.35.